The van der Waals surface area contributed by atoms with Crippen LogP contribution in [0.4, 0.5) is 4.79 Å². The van der Waals surface area contributed by atoms with Crippen LogP contribution in [0.1, 0.15) is 0 Å². The Bertz CT molecular complexity index is 715. The first-order valence-electron chi connectivity index (χ1n) is 7.72. The predicted octanol–water partition coefficient (Wildman–Crippen LogP) is -1.93. The Hall–Kier alpha value is -1.66. The summed E-state index contributed by atoms with van der Waals surface area (Å²) < 4.78 is 2.56. The molecule has 0 aliphatic carbocycles. The van der Waals surface area contributed by atoms with Crippen LogP contribution >= 0.6 is 34.8 Å². The first kappa shape index (κ1) is 20.1. The summed E-state index contributed by atoms with van der Waals surface area (Å²) in [4.78, 5) is 28.9. The summed E-state index contributed by atoms with van der Waals surface area (Å²) >= 11 is 16.8. The van der Waals surface area contributed by atoms with Crippen molar-refractivity contribution in [2.45, 2.75) is 33.7 Å². The van der Waals surface area contributed by atoms with E-state index in [2.05, 4.69) is 27.5 Å². The minimum Gasteiger partial charge on any atom is -0.447 e. The molecule has 2 fully saturated rings. The quantitative estimate of drug-likeness (QED) is 0.269. The van der Waals surface area contributed by atoms with Crippen LogP contribution in [0.2, 0.25) is 0 Å². The maximum atomic E-state index is 12.1. The highest BCUT2D eigenvalue weighted by molar-refractivity contribution is 6.76. The molecule has 2 amide bonds. The zero-order valence-corrected chi connectivity index (χ0v) is 15.9. The number of rotatable bonds is 2. The topological polar surface area (TPSA) is 162 Å². The maximum Gasteiger partial charge on any atom is 0.404 e. The van der Waals surface area contributed by atoms with Gasteiger partial charge in [0.05, 0.1) is 18.4 Å². The lowest BCUT2D eigenvalue weighted by molar-refractivity contribution is -0.119. The van der Waals surface area contributed by atoms with E-state index < -0.39 is 45.7 Å². The molecule has 3 aliphatic heterocycles. The van der Waals surface area contributed by atoms with Crippen LogP contribution in [0.25, 0.3) is 0 Å². The zero-order valence-electron chi connectivity index (χ0n) is 13.7. The van der Waals surface area contributed by atoms with Crippen LogP contribution in [0.3, 0.4) is 0 Å². The Morgan fingerprint density at radius 2 is 2.15 bits per heavy atom. The Labute approximate surface area is 168 Å². The van der Waals surface area contributed by atoms with E-state index in [1.54, 1.807) is 0 Å². The lowest BCUT2D eigenvalue weighted by Crippen LogP contribution is -2.73. The number of guanidine groups is 1. The number of aliphatic hydroxyl groups is 2. The first-order chi connectivity index (χ1) is 12.5. The van der Waals surface area contributed by atoms with Crippen molar-refractivity contribution in [3.8, 4) is 0 Å². The third-order valence-electron chi connectivity index (χ3n) is 4.59. The molecule has 0 unspecified atom stereocenters. The molecule has 0 aromatic carbocycles. The molecule has 27 heavy (non-hydrogen) atoms. The molecule has 11 nitrogen and oxygen atoms in total. The Balaban J connectivity index is 2.01. The molecule has 5 atom stereocenters. The predicted molar refractivity (Wildman–Crippen MR) is 95.8 cm³/mol. The van der Waals surface area contributed by atoms with Crippen molar-refractivity contribution in [3.63, 3.8) is 0 Å². The highest BCUT2D eigenvalue weighted by atomic mass is 35.6. The second-order valence-electron chi connectivity index (χ2n) is 6.28. The monoisotopic (exact) mass is 442 g/mol. The van der Waals surface area contributed by atoms with Gasteiger partial charge in [-0.2, -0.15) is 0 Å². The van der Waals surface area contributed by atoms with Crippen molar-refractivity contribution >= 4 is 52.8 Å². The third kappa shape index (κ3) is 3.34. The number of ether oxygens (including phenoxy) is 1. The molecule has 2 saturated heterocycles. The van der Waals surface area contributed by atoms with Gasteiger partial charge in [-0.25, -0.2) is 9.79 Å². The van der Waals surface area contributed by atoms with E-state index in [9.17, 15) is 19.8 Å². The fraction of sp³-hybridized carbons (Fsp3) is 0.615. The van der Waals surface area contributed by atoms with Gasteiger partial charge in [0.2, 0.25) is 5.96 Å². The molecule has 0 radical (unpaired) electrons. The summed E-state index contributed by atoms with van der Waals surface area (Å²) in [6.07, 6.45) is -3.51. The van der Waals surface area contributed by atoms with Crippen LogP contribution in [0.15, 0.2) is 17.4 Å². The molecule has 0 aromatic heterocycles. The number of aliphatic imine (C=N–C) groups is 1. The van der Waals surface area contributed by atoms with Gasteiger partial charge in [-0.1, -0.05) is 41.4 Å². The molecule has 0 saturated carbocycles. The Morgan fingerprint density at radius 3 is 2.74 bits per heavy atom. The second kappa shape index (κ2) is 6.74. The average molecular weight is 444 g/mol. The number of nitrogens with one attached hydrogen (secondary N) is 3. The van der Waals surface area contributed by atoms with Crippen molar-refractivity contribution in [2.75, 3.05) is 13.2 Å². The number of nitrogens with two attached hydrogens (primary N) is 1. The molecule has 14 heteroatoms. The lowest BCUT2D eigenvalue weighted by Gasteiger charge is -2.47. The van der Waals surface area contributed by atoms with Crippen LogP contribution in [-0.4, -0.2) is 80.0 Å². The summed E-state index contributed by atoms with van der Waals surface area (Å²) in [5.74, 6) is -0.735. The third-order valence-corrected chi connectivity index (χ3v) is 5.11. The fourth-order valence-electron chi connectivity index (χ4n) is 3.56. The van der Waals surface area contributed by atoms with Crippen molar-refractivity contribution < 1.29 is 24.5 Å². The van der Waals surface area contributed by atoms with Gasteiger partial charge in [-0.3, -0.25) is 10.1 Å². The SMILES string of the molecule is C=C1N[C@H]2[C@H](COC(N)=O)N=C(NC(=O)C(Cl)(Cl)Cl)N3C[C@H](O)[C@@H](O)[C@]23N1. The van der Waals surface area contributed by atoms with Crippen molar-refractivity contribution in [1.29, 1.82) is 0 Å². The van der Waals surface area contributed by atoms with Gasteiger partial charge in [-0.15, -0.1) is 0 Å². The van der Waals surface area contributed by atoms with Gasteiger partial charge in [0.25, 0.3) is 9.70 Å². The van der Waals surface area contributed by atoms with Crippen LogP contribution < -0.4 is 21.7 Å². The molecule has 0 aromatic rings. The molecule has 3 heterocycles. The molecular formula is C13H17Cl3N6O5. The van der Waals surface area contributed by atoms with Gasteiger partial charge in [-0.05, 0) is 0 Å². The number of halogens is 3. The zero-order chi connectivity index (χ0) is 20.1. The van der Waals surface area contributed by atoms with Gasteiger partial charge in [0.1, 0.15) is 24.9 Å². The minimum absolute atomic E-state index is 0.0814. The number of amides is 2. The number of hydrogen-bond acceptors (Lipinski definition) is 9. The minimum atomic E-state index is -2.27. The number of nitrogens with zero attached hydrogens (tertiary/aromatic N) is 2. The van der Waals surface area contributed by atoms with Crippen LogP contribution in [-0.2, 0) is 9.53 Å². The molecule has 3 rings (SSSR count). The average Bonchev–Trinajstić information content (AvgIpc) is 3.02. The summed E-state index contributed by atoms with van der Waals surface area (Å²) in [6, 6.07) is -1.49. The molecule has 0 bridgehead atoms. The number of carbonyl (C=O) groups is 2. The van der Waals surface area contributed by atoms with Crippen molar-refractivity contribution in [1.82, 2.24) is 20.9 Å². The van der Waals surface area contributed by atoms with E-state index in [1.807, 2.05) is 0 Å². The van der Waals surface area contributed by atoms with Gasteiger partial charge >= 0.3 is 6.09 Å². The van der Waals surface area contributed by atoms with Crippen LogP contribution in [0, 0.1) is 0 Å². The maximum absolute atomic E-state index is 12.1. The summed E-state index contributed by atoms with van der Waals surface area (Å²) in [6.45, 7) is 3.42. The molecule has 1 spiro atoms. The Kier molecular flexibility index (Phi) is 5.02. The van der Waals surface area contributed by atoms with E-state index in [0.717, 1.165) is 0 Å². The second-order valence-corrected chi connectivity index (χ2v) is 8.56. The number of carbonyl (C=O) groups excluding carboxylic acids is 2. The van der Waals surface area contributed by atoms with E-state index in [1.165, 1.54) is 4.90 Å². The summed E-state index contributed by atoms with van der Waals surface area (Å²) in [7, 11) is 0. The normalized spacial score (nSPS) is 34.8. The summed E-state index contributed by atoms with van der Waals surface area (Å²) in [5.41, 5.74) is 3.68. The number of primary amides is 1. The number of aliphatic hydroxyl groups excluding tert-OH is 2. The Morgan fingerprint density at radius 1 is 1.48 bits per heavy atom. The van der Waals surface area contributed by atoms with E-state index in [0.29, 0.717) is 5.82 Å². The van der Waals surface area contributed by atoms with Gasteiger partial charge in [0.15, 0.2) is 5.66 Å². The van der Waals surface area contributed by atoms with Crippen LogP contribution in [0.5, 0.6) is 0 Å². The smallest absolute Gasteiger partial charge is 0.404 e. The summed E-state index contributed by atoms with van der Waals surface area (Å²) in [5, 5.41) is 29.2. The standard InChI is InChI=1S/C13H17Cl3N6O5/c1-4-18-7-5(3-27-10(17)26)19-11(20-9(25)13(14,15)16)22-2-6(23)8(24)12(7,22)21-4/h5-8,18,21,23-24H,1-3H2,(H2,17,26)(H,19,20,25)/t5-,6-,7-,8+,12-/m0/s1. The molecule has 3 aliphatic rings. The largest absolute Gasteiger partial charge is 0.447 e. The molecular weight excluding hydrogens is 427 g/mol. The fourth-order valence-corrected chi connectivity index (χ4v) is 3.70. The lowest BCUT2D eigenvalue weighted by atomic mass is 9.89. The van der Waals surface area contributed by atoms with Gasteiger partial charge in [0, 0.05) is 0 Å². The van der Waals surface area contributed by atoms with Crippen molar-refractivity contribution in [3.05, 3.63) is 12.4 Å². The van der Waals surface area contributed by atoms with E-state index in [4.69, 9.17) is 45.3 Å². The first-order valence-corrected chi connectivity index (χ1v) is 8.85. The highest BCUT2D eigenvalue weighted by Gasteiger charge is 2.66. The van der Waals surface area contributed by atoms with E-state index in [-0.39, 0.29) is 19.1 Å². The number of alkyl halides is 3. The van der Waals surface area contributed by atoms with E-state index >= 15 is 0 Å². The molecule has 150 valence electrons. The van der Waals surface area contributed by atoms with Gasteiger partial charge < -0.3 is 36.2 Å². The van der Waals surface area contributed by atoms with Crippen molar-refractivity contribution in [2.24, 2.45) is 10.7 Å². The molecule has 7 N–H and O–H groups in total. The highest BCUT2D eigenvalue weighted by Crippen LogP contribution is 2.40. The number of hydrogen-bond donors (Lipinski definition) is 6.